The van der Waals surface area contributed by atoms with Gasteiger partial charge in [0.15, 0.2) is 5.65 Å². The Labute approximate surface area is 124 Å². The Balaban J connectivity index is 1.96. The molecule has 4 heterocycles. The van der Waals surface area contributed by atoms with E-state index in [1.807, 2.05) is 30.8 Å². The molecule has 3 aromatic rings. The fraction of sp³-hybridized carbons (Fsp3) is 0.286. The van der Waals surface area contributed by atoms with Gasteiger partial charge in [-0.05, 0) is 6.92 Å². The first-order valence-electron chi connectivity index (χ1n) is 6.68. The lowest BCUT2D eigenvalue weighted by Crippen LogP contribution is -2.24. The molecular formula is C14H13N5OS. The summed E-state index contributed by atoms with van der Waals surface area (Å²) in [5.74, 6) is 0. The summed E-state index contributed by atoms with van der Waals surface area (Å²) in [6.45, 7) is 2.38. The average molecular weight is 299 g/mol. The van der Waals surface area contributed by atoms with Crippen LogP contribution in [0, 0.1) is 6.92 Å². The SMILES string of the molecule is Cc1nc2c(s1)c1cnn(CC3=CCC=N3)c(=O)c1n2C. The van der Waals surface area contributed by atoms with Gasteiger partial charge in [-0.15, -0.1) is 11.3 Å². The molecule has 0 bridgehead atoms. The van der Waals surface area contributed by atoms with E-state index in [4.69, 9.17) is 0 Å². The first kappa shape index (κ1) is 12.5. The maximum Gasteiger partial charge on any atom is 0.291 e. The monoisotopic (exact) mass is 299 g/mol. The number of aliphatic imine (C=N–C) groups is 1. The first-order chi connectivity index (χ1) is 10.1. The van der Waals surface area contributed by atoms with Gasteiger partial charge in [0.1, 0.15) is 5.52 Å². The molecule has 0 amide bonds. The van der Waals surface area contributed by atoms with E-state index in [0.717, 1.165) is 32.9 Å². The second-order valence-electron chi connectivity index (χ2n) is 5.06. The van der Waals surface area contributed by atoms with Crippen molar-refractivity contribution in [3.8, 4) is 0 Å². The zero-order chi connectivity index (χ0) is 14.6. The zero-order valence-electron chi connectivity index (χ0n) is 11.7. The molecule has 0 fully saturated rings. The minimum Gasteiger partial charge on any atom is -0.323 e. The quantitative estimate of drug-likeness (QED) is 0.727. The third-order valence-electron chi connectivity index (χ3n) is 3.66. The normalized spacial score (nSPS) is 14.5. The largest absolute Gasteiger partial charge is 0.323 e. The summed E-state index contributed by atoms with van der Waals surface area (Å²) in [5.41, 5.74) is 2.29. The van der Waals surface area contributed by atoms with Gasteiger partial charge in [-0.25, -0.2) is 9.67 Å². The van der Waals surface area contributed by atoms with Gasteiger partial charge < -0.3 is 4.57 Å². The summed E-state index contributed by atoms with van der Waals surface area (Å²) in [6, 6.07) is 0. The van der Waals surface area contributed by atoms with Gasteiger partial charge in [0.05, 0.1) is 28.1 Å². The molecule has 0 unspecified atom stereocenters. The highest BCUT2D eigenvalue weighted by molar-refractivity contribution is 7.19. The van der Waals surface area contributed by atoms with Crippen molar-refractivity contribution in [2.75, 3.05) is 0 Å². The standard InChI is InChI=1S/C14H13N5OS/c1-8-17-13-12(21-8)10-6-16-19(7-9-4-3-5-15-9)14(20)11(10)18(13)2/h4-6H,3,7H2,1-2H3. The summed E-state index contributed by atoms with van der Waals surface area (Å²) >= 11 is 1.59. The van der Waals surface area contributed by atoms with E-state index in [1.54, 1.807) is 17.5 Å². The van der Waals surface area contributed by atoms with Crippen molar-refractivity contribution in [1.82, 2.24) is 19.3 Å². The number of nitrogens with zero attached hydrogens (tertiary/aromatic N) is 5. The van der Waals surface area contributed by atoms with E-state index in [1.165, 1.54) is 4.68 Å². The summed E-state index contributed by atoms with van der Waals surface area (Å²) in [7, 11) is 1.88. The predicted octanol–water partition coefficient (Wildman–Crippen LogP) is 2.01. The number of allylic oxidation sites excluding steroid dienone is 2. The Kier molecular flexibility index (Phi) is 2.58. The van der Waals surface area contributed by atoms with Gasteiger partial charge in [-0.3, -0.25) is 9.79 Å². The van der Waals surface area contributed by atoms with Crippen molar-refractivity contribution in [2.45, 2.75) is 19.9 Å². The van der Waals surface area contributed by atoms with Gasteiger partial charge in [-0.1, -0.05) is 6.08 Å². The molecule has 0 atom stereocenters. The fourth-order valence-electron chi connectivity index (χ4n) is 2.68. The number of rotatable bonds is 2. The van der Waals surface area contributed by atoms with Crippen LogP contribution in [0.15, 0.2) is 27.8 Å². The Morgan fingerprint density at radius 3 is 3.05 bits per heavy atom. The van der Waals surface area contributed by atoms with E-state index in [-0.39, 0.29) is 5.56 Å². The van der Waals surface area contributed by atoms with E-state index in [9.17, 15) is 4.79 Å². The molecule has 7 heteroatoms. The van der Waals surface area contributed by atoms with E-state index in [2.05, 4.69) is 15.1 Å². The van der Waals surface area contributed by atoms with Crippen molar-refractivity contribution in [3.05, 3.63) is 33.3 Å². The number of aryl methyl sites for hydroxylation is 2. The molecule has 21 heavy (non-hydrogen) atoms. The minimum atomic E-state index is -0.0964. The van der Waals surface area contributed by atoms with Crippen LogP contribution in [0.2, 0.25) is 0 Å². The molecule has 6 nitrogen and oxygen atoms in total. The highest BCUT2D eigenvalue weighted by Crippen LogP contribution is 2.30. The van der Waals surface area contributed by atoms with Crippen molar-refractivity contribution >= 4 is 38.8 Å². The number of hydrogen-bond acceptors (Lipinski definition) is 5. The van der Waals surface area contributed by atoms with Crippen LogP contribution in [0.1, 0.15) is 11.4 Å². The number of thiazole rings is 1. The molecule has 106 valence electrons. The maximum absolute atomic E-state index is 12.7. The van der Waals surface area contributed by atoms with Crippen LogP contribution in [-0.2, 0) is 13.6 Å². The van der Waals surface area contributed by atoms with Crippen molar-refractivity contribution < 1.29 is 0 Å². The second kappa shape index (κ2) is 4.36. The molecule has 0 aromatic carbocycles. The predicted molar refractivity (Wildman–Crippen MR) is 84.1 cm³/mol. The molecule has 0 spiro atoms. The van der Waals surface area contributed by atoms with Gasteiger partial charge in [0.25, 0.3) is 5.56 Å². The van der Waals surface area contributed by atoms with Crippen molar-refractivity contribution in [3.63, 3.8) is 0 Å². The number of aromatic nitrogens is 4. The van der Waals surface area contributed by atoms with E-state index >= 15 is 0 Å². The first-order valence-corrected chi connectivity index (χ1v) is 7.50. The molecular weight excluding hydrogens is 286 g/mol. The molecule has 0 aliphatic carbocycles. The zero-order valence-corrected chi connectivity index (χ0v) is 12.5. The molecule has 1 aliphatic heterocycles. The fourth-order valence-corrected chi connectivity index (χ4v) is 3.64. The molecule has 0 saturated carbocycles. The van der Waals surface area contributed by atoms with Gasteiger partial charge in [0, 0.05) is 25.1 Å². The van der Waals surface area contributed by atoms with Gasteiger partial charge in [-0.2, -0.15) is 5.10 Å². The summed E-state index contributed by atoms with van der Waals surface area (Å²) in [4.78, 5) is 21.4. The van der Waals surface area contributed by atoms with Crippen LogP contribution < -0.4 is 5.56 Å². The Morgan fingerprint density at radius 1 is 1.43 bits per heavy atom. The number of fused-ring (bicyclic) bond motifs is 3. The van der Waals surface area contributed by atoms with Crippen LogP contribution in [0.3, 0.4) is 0 Å². The average Bonchev–Trinajstić information content (AvgIpc) is 3.13. The lowest BCUT2D eigenvalue weighted by atomic mass is 10.3. The lowest BCUT2D eigenvalue weighted by molar-refractivity contribution is 0.633. The van der Waals surface area contributed by atoms with Crippen molar-refractivity contribution in [2.24, 2.45) is 12.0 Å². The van der Waals surface area contributed by atoms with Crippen molar-refractivity contribution in [1.29, 1.82) is 0 Å². The molecule has 0 N–H and O–H groups in total. The minimum absolute atomic E-state index is 0.0964. The maximum atomic E-state index is 12.7. The topological polar surface area (TPSA) is 65.1 Å². The highest BCUT2D eigenvalue weighted by atomic mass is 32.1. The third-order valence-corrected chi connectivity index (χ3v) is 4.65. The molecule has 4 rings (SSSR count). The Morgan fingerprint density at radius 2 is 2.29 bits per heavy atom. The number of hydrogen-bond donors (Lipinski definition) is 0. The van der Waals surface area contributed by atoms with Gasteiger partial charge in [0.2, 0.25) is 0 Å². The molecule has 0 saturated heterocycles. The van der Waals surface area contributed by atoms with Crippen LogP contribution in [0.5, 0.6) is 0 Å². The Bertz CT molecular complexity index is 988. The summed E-state index contributed by atoms with van der Waals surface area (Å²) in [6.07, 6.45) is 6.43. The van der Waals surface area contributed by atoms with E-state index in [0.29, 0.717) is 12.1 Å². The second-order valence-corrected chi connectivity index (χ2v) is 6.26. The van der Waals surface area contributed by atoms with Crippen LogP contribution in [0.4, 0.5) is 0 Å². The van der Waals surface area contributed by atoms with Gasteiger partial charge >= 0.3 is 0 Å². The van der Waals surface area contributed by atoms with Crippen LogP contribution >= 0.6 is 11.3 Å². The highest BCUT2D eigenvalue weighted by Gasteiger charge is 2.17. The summed E-state index contributed by atoms with van der Waals surface area (Å²) in [5, 5.41) is 6.17. The Hall–Kier alpha value is -2.28. The molecule has 0 radical (unpaired) electrons. The van der Waals surface area contributed by atoms with E-state index < -0.39 is 0 Å². The summed E-state index contributed by atoms with van der Waals surface area (Å²) < 4.78 is 4.36. The van der Waals surface area contributed by atoms with Crippen LogP contribution in [0.25, 0.3) is 21.3 Å². The molecule has 1 aliphatic rings. The molecule has 3 aromatic heterocycles. The third kappa shape index (κ3) is 1.77. The smallest absolute Gasteiger partial charge is 0.291 e. The lowest BCUT2D eigenvalue weighted by Gasteiger charge is -2.04. The van der Waals surface area contributed by atoms with Crippen LogP contribution in [-0.4, -0.2) is 25.5 Å².